The molecule has 2 aromatic carbocycles. The van der Waals surface area contributed by atoms with Crippen molar-refractivity contribution in [1.29, 1.82) is 0 Å². The van der Waals surface area contributed by atoms with Gasteiger partial charge in [0, 0.05) is 30.3 Å². The van der Waals surface area contributed by atoms with E-state index in [-0.39, 0.29) is 5.41 Å². The molecule has 0 N–H and O–H groups in total. The van der Waals surface area contributed by atoms with Crippen LogP contribution in [-0.4, -0.2) is 9.55 Å². The lowest BCUT2D eigenvalue weighted by Crippen LogP contribution is -2.35. The minimum Gasteiger partial charge on any atom is -0.335 e. The molecule has 3 rings (SSSR count). The Morgan fingerprint density at radius 2 is 1.09 bits per heavy atom. The summed E-state index contributed by atoms with van der Waals surface area (Å²) in [6, 6.07) is 22.5. The molecule has 0 spiro atoms. The maximum atomic E-state index is 5.12. The van der Waals surface area contributed by atoms with Crippen molar-refractivity contribution >= 4 is 0 Å². The number of unbranched alkanes of at least 4 members (excludes halogenated alkanes) is 16. The van der Waals surface area contributed by atoms with Crippen LogP contribution in [0.25, 0.3) is 0 Å². The van der Waals surface area contributed by atoms with Crippen LogP contribution >= 0.6 is 0 Å². The maximum Gasteiger partial charge on any atom is 0.112 e. The van der Waals surface area contributed by atoms with Crippen LogP contribution in [0, 0.1) is 0 Å². The van der Waals surface area contributed by atoms with Crippen LogP contribution in [0.4, 0.5) is 0 Å². The van der Waals surface area contributed by atoms with Crippen molar-refractivity contribution in [2.75, 3.05) is 0 Å². The second-order valence-electron chi connectivity index (χ2n) is 13.4. The Morgan fingerprint density at radius 3 is 1.65 bits per heavy atom. The lowest BCUT2D eigenvalue weighted by Gasteiger charge is -2.39. The Hall–Kier alpha value is -2.35. The maximum absolute atomic E-state index is 5.12. The fourth-order valence-electron chi connectivity index (χ4n) is 7.07. The van der Waals surface area contributed by atoms with Gasteiger partial charge in [0.15, 0.2) is 0 Å². The zero-order chi connectivity index (χ0) is 30.4. The first-order chi connectivity index (χ1) is 21.2. The second-order valence-corrected chi connectivity index (χ2v) is 13.4. The van der Waals surface area contributed by atoms with Crippen LogP contribution in [0.3, 0.4) is 0 Å². The fraction of sp³-hybridized carbons (Fsp3) is 0.634. The summed E-state index contributed by atoms with van der Waals surface area (Å²) in [6.07, 6.45) is 31.2. The van der Waals surface area contributed by atoms with Crippen molar-refractivity contribution in [3.05, 3.63) is 90.0 Å². The van der Waals surface area contributed by atoms with Gasteiger partial charge in [0.25, 0.3) is 0 Å². The summed E-state index contributed by atoms with van der Waals surface area (Å²) in [5, 5.41) is 0. The van der Waals surface area contributed by atoms with Gasteiger partial charge in [0.05, 0.1) is 0 Å². The van der Waals surface area contributed by atoms with E-state index in [4.69, 9.17) is 4.98 Å². The van der Waals surface area contributed by atoms with Gasteiger partial charge in [0.1, 0.15) is 5.82 Å². The average Bonchev–Trinajstić information content (AvgIpc) is 3.50. The van der Waals surface area contributed by atoms with Crippen molar-refractivity contribution < 1.29 is 0 Å². The first-order valence-electron chi connectivity index (χ1n) is 18.3. The number of aryl methyl sites for hydroxylation is 1. The fourth-order valence-corrected chi connectivity index (χ4v) is 7.07. The summed E-state index contributed by atoms with van der Waals surface area (Å²) in [5.41, 5.74) is 2.84. The smallest absolute Gasteiger partial charge is 0.112 e. The average molecular weight is 585 g/mol. The number of aromatic nitrogens is 2. The zero-order valence-corrected chi connectivity index (χ0v) is 28.2. The Bertz CT molecular complexity index is 1060. The summed E-state index contributed by atoms with van der Waals surface area (Å²) in [5.74, 6) is 1.69. The predicted molar refractivity (Wildman–Crippen MR) is 188 cm³/mol. The second kappa shape index (κ2) is 21.4. The van der Waals surface area contributed by atoms with Crippen LogP contribution in [0.2, 0.25) is 0 Å². The van der Waals surface area contributed by atoms with Crippen molar-refractivity contribution in [3.63, 3.8) is 0 Å². The van der Waals surface area contributed by atoms with Gasteiger partial charge in [0.2, 0.25) is 0 Å². The molecule has 1 heterocycles. The number of benzene rings is 2. The molecule has 0 aliphatic carbocycles. The summed E-state index contributed by atoms with van der Waals surface area (Å²) in [4.78, 5) is 5.12. The van der Waals surface area contributed by atoms with Crippen molar-refractivity contribution in [2.24, 2.45) is 0 Å². The van der Waals surface area contributed by atoms with Gasteiger partial charge in [-0.05, 0) is 30.4 Å². The van der Waals surface area contributed by atoms with Gasteiger partial charge >= 0.3 is 0 Å². The standard InChI is InChI=1S/C41H64N2/c1-4-6-8-10-12-13-14-15-17-19-27-34-43-35-33-42-40(43)39(32-26-18-16-11-9-7-5-2)41(3,38-30-24-21-25-31-38)36-37-28-22-20-23-29-37/h20-25,28-31,33,35,39H,4-19,26-27,32,34,36H2,1-3H3. The molecule has 0 aliphatic heterocycles. The van der Waals surface area contributed by atoms with Crippen LogP contribution in [-0.2, 0) is 18.4 Å². The molecule has 3 aromatic rings. The minimum absolute atomic E-state index is 0.0228. The highest BCUT2D eigenvalue weighted by molar-refractivity contribution is 5.33. The number of imidazole rings is 1. The topological polar surface area (TPSA) is 17.8 Å². The van der Waals surface area contributed by atoms with E-state index in [0.29, 0.717) is 5.92 Å². The molecule has 0 radical (unpaired) electrons. The van der Waals surface area contributed by atoms with Gasteiger partial charge in [-0.2, -0.15) is 0 Å². The molecule has 1 aromatic heterocycles. The van der Waals surface area contributed by atoms with E-state index < -0.39 is 0 Å². The Balaban J connectivity index is 1.67. The molecule has 0 saturated carbocycles. The summed E-state index contributed by atoms with van der Waals surface area (Å²) < 4.78 is 2.52. The number of hydrogen-bond donors (Lipinski definition) is 0. The lowest BCUT2D eigenvalue weighted by molar-refractivity contribution is 0.321. The third kappa shape index (κ3) is 12.7. The van der Waals surface area contributed by atoms with E-state index in [0.717, 1.165) is 13.0 Å². The first kappa shape index (κ1) is 35.1. The van der Waals surface area contributed by atoms with Gasteiger partial charge < -0.3 is 4.57 Å². The molecule has 2 atom stereocenters. The number of hydrogen-bond acceptors (Lipinski definition) is 1. The summed E-state index contributed by atoms with van der Waals surface area (Å²) in [6.45, 7) is 8.22. The molecule has 2 unspecified atom stereocenters. The highest BCUT2D eigenvalue weighted by Crippen LogP contribution is 2.44. The van der Waals surface area contributed by atoms with Crippen LogP contribution < -0.4 is 0 Å². The van der Waals surface area contributed by atoms with Crippen LogP contribution in [0.15, 0.2) is 73.1 Å². The monoisotopic (exact) mass is 585 g/mol. The molecule has 2 heteroatoms. The Kier molecular flexibility index (Phi) is 17.5. The predicted octanol–water partition coefficient (Wildman–Crippen LogP) is 12.6. The molecule has 43 heavy (non-hydrogen) atoms. The molecule has 0 aliphatic rings. The van der Waals surface area contributed by atoms with E-state index in [2.05, 4.69) is 98.4 Å². The molecule has 238 valence electrons. The molecule has 0 fully saturated rings. The first-order valence-corrected chi connectivity index (χ1v) is 18.3. The molecule has 0 amide bonds. The van der Waals surface area contributed by atoms with Crippen molar-refractivity contribution in [2.45, 2.75) is 167 Å². The molecular formula is C41H64N2. The van der Waals surface area contributed by atoms with E-state index in [1.165, 1.54) is 139 Å². The van der Waals surface area contributed by atoms with E-state index in [1.807, 2.05) is 0 Å². The van der Waals surface area contributed by atoms with Gasteiger partial charge in [-0.3, -0.25) is 0 Å². The third-order valence-electron chi connectivity index (χ3n) is 9.77. The molecule has 0 bridgehead atoms. The largest absolute Gasteiger partial charge is 0.335 e. The van der Waals surface area contributed by atoms with Crippen LogP contribution in [0.5, 0.6) is 0 Å². The van der Waals surface area contributed by atoms with Gasteiger partial charge in [-0.25, -0.2) is 4.98 Å². The van der Waals surface area contributed by atoms with Gasteiger partial charge in [-0.1, -0.05) is 191 Å². The van der Waals surface area contributed by atoms with Crippen molar-refractivity contribution in [3.8, 4) is 0 Å². The van der Waals surface area contributed by atoms with Crippen molar-refractivity contribution in [1.82, 2.24) is 9.55 Å². The molecule has 2 nitrogen and oxygen atoms in total. The Morgan fingerprint density at radius 1 is 0.605 bits per heavy atom. The van der Waals surface area contributed by atoms with E-state index in [1.54, 1.807) is 0 Å². The van der Waals surface area contributed by atoms with Crippen LogP contribution in [0.1, 0.15) is 166 Å². The summed E-state index contributed by atoms with van der Waals surface area (Å²) in [7, 11) is 0. The van der Waals surface area contributed by atoms with E-state index >= 15 is 0 Å². The Labute approximate surface area is 266 Å². The van der Waals surface area contributed by atoms with E-state index in [9.17, 15) is 0 Å². The van der Waals surface area contributed by atoms with Gasteiger partial charge in [-0.15, -0.1) is 0 Å². The normalized spacial score (nSPS) is 13.7. The quantitative estimate of drug-likeness (QED) is 0.0906. The number of rotatable bonds is 25. The zero-order valence-electron chi connectivity index (χ0n) is 28.2. The molecular weight excluding hydrogens is 520 g/mol. The third-order valence-corrected chi connectivity index (χ3v) is 9.77. The lowest BCUT2D eigenvalue weighted by atomic mass is 9.66. The number of nitrogens with zero attached hydrogens (tertiary/aromatic N) is 2. The highest BCUT2D eigenvalue weighted by Gasteiger charge is 2.39. The SMILES string of the molecule is CCCCCCCCCCCCCn1ccnc1C(CCCCCCCCC)C(C)(Cc1ccccc1)c1ccccc1. The minimum atomic E-state index is -0.0228. The summed E-state index contributed by atoms with van der Waals surface area (Å²) >= 11 is 0. The molecule has 0 saturated heterocycles. The highest BCUT2D eigenvalue weighted by atomic mass is 15.1.